The fourth-order valence-electron chi connectivity index (χ4n) is 3.73. The maximum absolute atomic E-state index is 12.3. The zero-order valence-corrected chi connectivity index (χ0v) is 15.5. The van der Waals surface area contributed by atoms with Crippen LogP contribution < -0.4 is 14.7 Å². The molecule has 140 valence electrons. The number of para-hydroxylation sites is 1. The van der Waals surface area contributed by atoms with Gasteiger partial charge in [0.1, 0.15) is 6.54 Å². The van der Waals surface area contributed by atoms with Crippen LogP contribution in [0.2, 0.25) is 0 Å². The number of benzene rings is 2. The number of hydrogen-bond acceptors (Lipinski definition) is 4. The molecule has 0 aromatic heterocycles. The van der Waals surface area contributed by atoms with Gasteiger partial charge in [-0.2, -0.15) is 0 Å². The van der Waals surface area contributed by atoms with Crippen LogP contribution in [0.1, 0.15) is 15.9 Å². The standard InChI is InChI=1S/C21H23N3O3/c1-22(15-24-19-5-3-2-4-18(19)20(25)21(24)26)14-16-6-8-17(9-7-16)23-10-12-27-13-11-23/h2-9H,10-15H2,1H3/p+1. The van der Waals surface area contributed by atoms with Crippen molar-refractivity contribution in [2.45, 2.75) is 6.54 Å². The summed E-state index contributed by atoms with van der Waals surface area (Å²) in [4.78, 5) is 29.5. The van der Waals surface area contributed by atoms with Crippen molar-refractivity contribution in [1.82, 2.24) is 0 Å². The maximum atomic E-state index is 12.3. The van der Waals surface area contributed by atoms with Crippen LogP contribution in [-0.2, 0) is 16.1 Å². The van der Waals surface area contributed by atoms with E-state index >= 15 is 0 Å². The van der Waals surface area contributed by atoms with Gasteiger partial charge in [-0.3, -0.25) is 14.5 Å². The number of carbonyl (C=O) groups excluding carboxylic acids is 2. The van der Waals surface area contributed by atoms with Crippen molar-refractivity contribution in [2.24, 2.45) is 0 Å². The summed E-state index contributed by atoms with van der Waals surface area (Å²) < 4.78 is 5.40. The van der Waals surface area contributed by atoms with Gasteiger partial charge in [0.25, 0.3) is 5.78 Å². The Hall–Kier alpha value is -2.70. The summed E-state index contributed by atoms with van der Waals surface area (Å²) in [5, 5.41) is 0. The molecule has 4 rings (SSSR count). The van der Waals surface area contributed by atoms with Crippen molar-refractivity contribution in [3.63, 3.8) is 0 Å². The number of anilines is 2. The van der Waals surface area contributed by atoms with Crippen molar-refractivity contribution in [1.29, 1.82) is 0 Å². The number of hydrogen-bond donors (Lipinski definition) is 1. The summed E-state index contributed by atoms with van der Waals surface area (Å²) in [5.41, 5.74) is 3.64. The zero-order valence-electron chi connectivity index (χ0n) is 15.5. The molecule has 2 aliphatic rings. The molecule has 0 spiro atoms. The lowest BCUT2D eigenvalue weighted by atomic mass is 10.1. The quantitative estimate of drug-likeness (QED) is 0.793. The molecular formula is C21H24N3O3+. The lowest BCUT2D eigenvalue weighted by Gasteiger charge is -2.29. The number of morpholine rings is 1. The van der Waals surface area contributed by atoms with E-state index in [4.69, 9.17) is 4.74 Å². The molecule has 2 aliphatic heterocycles. The highest BCUT2D eigenvalue weighted by molar-refractivity contribution is 6.52. The molecule has 0 radical (unpaired) electrons. The molecular weight excluding hydrogens is 342 g/mol. The predicted molar refractivity (Wildman–Crippen MR) is 103 cm³/mol. The monoisotopic (exact) mass is 366 g/mol. The van der Waals surface area contributed by atoms with E-state index in [0.717, 1.165) is 43.4 Å². The van der Waals surface area contributed by atoms with Crippen LogP contribution in [0.5, 0.6) is 0 Å². The van der Waals surface area contributed by atoms with Gasteiger partial charge in [-0.05, 0) is 24.3 Å². The van der Waals surface area contributed by atoms with Gasteiger partial charge in [0.2, 0.25) is 0 Å². The van der Waals surface area contributed by atoms with Crippen LogP contribution in [-0.4, -0.2) is 51.7 Å². The van der Waals surface area contributed by atoms with E-state index in [1.165, 1.54) is 11.3 Å². The summed E-state index contributed by atoms with van der Waals surface area (Å²) in [6.07, 6.45) is 0. The first kappa shape index (κ1) is 17.7. The van der Waals surface area contributed by atoms with E-state index in [1.807, 2.05) is 19.2 Å². The second kappa shape index (κ2) is 7.50. The first-order valence-corrected chi connectivity index (χ1v) is 9.31. The molecule has 1 N–H and O–H groups in total. The molecule has 2 heterocycles. The number of carbonyl (C=O) groups is 2. The average molecular weight is 366 g/mol. The summed E-state index contributed by atoms with van der Waals surface area (Å²) in [5.74, 6) is -0.841. The van der Waals surface area contributed by atoms with Crippen molar-refractivity contribution in [2.75, 3.05) is 49.8 Å². The molecule has 2 aromatic rings. The number of fused-ring (bicyclic) bond motifs is 1. The Labute approximate surface area is 158 Å². The first-order valence-electron chi connectivity index (χ1n) is 9.31. The van der Waals surface area contributed by atoms with E-state index in [-0.39, 0.29) is 0 Å². The van der Waals surface area contributed by atoms with Crippen LogP contribution in [0.25, 0.3) is 0 Å². The van der Waals surface area contributed by atoms with Crippen molar-refractivity contribution < 1.29 is 19.2 Å². The SMILES string of the molecule is C[NH+](Cc1ccc(N2CCOCC2)cc1)CN1C(=O)C(=O)c2ccccc21. The number of ether oxygens (including phenoxy) is 1. The van der Waals surface area contributed by atoms with Gasteiger partial charge < -0.3 is 14.5 Å². The molecule has 0 saturated carbocycles. The van der Waals surface area contributed by atoms with Gasteiger partial charge in [0, 0.05) is 24.3 Å². The number of rotatable bonds is 5. The highest BCUT2D eigenvalue weighted by atomic mass is 16.5. The van der Waals surface area contributed by atoms with Crippen molar-refractivity contribution >= 4 is 23.1 Å². The topological polar surface area (TPSA) is 54.3 Å². The Bertz CT molecular complexity index is 844. The Morgan fingerprint density at radius 2 is 1.70 bits per heavy atom. The molecule has 1 atom stereocenters. The molecule has 0 aliphatic carbocycles. The molecule has 2 aromatic carbocycles. The Balaban J connectivity index is 1.40. The van der Waals surface area contributed by atoms with Gasteiger partial charge in [-0.1, -0.05) is 24.3 Å². The van der Waals surface area contributed by atoms with Crippen molar-refractivity contribution in [3.8, 4) is 0 Å². The summed E-state index contributed by atoms with van der Waals surface area (Å²) in [6.45, 7) is 4.65. The summed E-state index contributed by atoms with van der Waals surface area (Å²) in [6, 6.07) is 15.8. The van der Waals surface area contributed by atoms with Crippen LogP contribution >= 0.6 is 0 Å². The molecule has 27 heavy (non-hydrogen) atoms. The molecule has 1 saturated heterocycles. The van der Waals surface area contributed by atoms with Gasteiger partial charge >= 0.3 is 5.91 Å². The summed E-state index contributed by atoms with van der Waals surface area (Å²) in [7, 11) is 2.04. The third kappa shape index (κ3) is 3.59. The van der Waals surface area contributed by atoms with Crippen LogP contribution in [0, 0.1) is 0 Å². The molecule has 6 nitrogen and oxygen atoms in total. The molecule has 1 amide bonds. The Morgan fingerprint density at radius 1 is 1.00 bits per heavy atom. The lowest BCUT2D eigenvalue weighted by molar-refractivity contribution is -0.892. The zero-order chi connectivity index (χ0) is 18.8. The number of quaternary nitrogens is 1. The minimum atomic E-state index is -0.432. The summed E-state index contributed by atoms with van der Waals surface area (Å²) >= 11 is 0. The van der Waals surface area contributed by atoms with Crippen LogP contribution in [0.15, 0.2) is 48.5 Å². The second-order valence-electron chi connectivity index (χ2n) is 7.14. The maximum Gasteiger partial charge on any atom is 0.303 e. The largest absolute Gasteiger partial charge is 0.378 e. The fourth-order valence-corrected chi connectivity index (χ4v) is 3.73. The number of nitrogens with one attached hydrogen (secondary N) is 1. The van der Waals surface area contributed by atoms with Crippen LogP contribution in [0.4, 0.5) is 11.4 Å². The van der Waals surface area contributed by atoms with E-state index in [9.17, 15) is 9.59 Å². The highest BCUT2D eigenvalue weighted by Crippen LogP contribution is 2.27. The smallest absolute Gasteiger partial charge is 0.303 e. The van der Waals surface area contributed by atoms with Gasteiger partial charge in [0.15, 0.2) is 6.67 Å². The van der Waals surface area contributed by atoms with Gasteiger partial charge in [0.05, 0.1) is 31.5 Å². The Morgan fingerprint density at radius 3 is 2.44 bits per heavy atom. The number of Topliss-reactive ketones (excluding diaryl/α,β-unsaturated/α-hetero) is 1. The minimum Gasteiger partial charge on any atom is -0.378 e. The number of amides is 1. The molecule has 6 heteroatoms. The third-order valence-corrected chi connectivity index (χ3v) is 5.13. The first-order chi connectivity index (χ1) is 13.1. The third-order valence-electron chi connectivity index (χ3n) is 5.13. The lowest BCUT2D eigenvalue weighted by Crippen LogP contribution is -3.09. The molecule has 1 unspecified atom stereocenters. The average Bonchev–Trinajstić information content (AvgIpc) is 2.94. The van der Waals surface area contributed by atoms with E-state index in [0.29, 0.717) is 12.2 Å². The Kier molecular flexibility index (Phi) is 4.92. The minimum absolute atomic E-state index is 0.409. The van der Waals surface area contributed by atoms with Crippen molar-refractivity contribution in [3.05, 3.63) is 59.7 Å². The highest BCUT2D eigenvalue weighted by Gasteiger charge is 2.36. The van der Waals surface area contributed by atoms with E-state index in [1.54, 1.807) is 17.0 Å². The fraction of sp³-hybridized carbons (Fsp3) is 0.333. The van der Waals surface area contributed by atoms with Gasteiger partial charge in [-0.25, -0.2) is 0 Å². The van der Waals surface area contributed by atoms with E-state index < -0.39 is 11.7 Å². The van der Waals surface area contributed by atoms with Crippen LogP contribution in [0.3, 0.4) is 0 Å². The second-order valence-corrected chi connectivity index (χ2v) is 7.14. The normalized spacial score (nSPS) is 18.0. The number of nitrogens with zero attached hydrogens (tertiary/aromatic N) is 2. The van der Waals surface area contributed by atoms with E-state index in [2.05, 4.69) is 29.2 Å². The molecule has 0 bridgehead atoms. The molecule has 1 fully saturated rings. The van der Waals surface area contributed by atoms with Gasteiger partial charge in [-0.15, -0.1) is 0 Å². The number of ketones is 1. The predicted octanol–water partition coefficient (Wildman–Crippen LogP) is 0.725.